The van der Waals surface area contributed by atoms with E-state index < -0.39 is 4.92 Å². The van der Waals surface area contributed by atoms with Crippen LogP contribution in [0.15, 0.2) is 85.3 Å². The molecule has 0 aliphatic heterocycles. The molecule has 0 aliphatic carbocycles. The van der Waals surface area contributed by atoms with Crippen molar-refractivity contribution in [2.24, 2.45) is 0 Å². The lowest BCUT2D eigenvalue weighted by Gasteiger charge is -2.03. The average molecular weight is 370 g/mol. The van der Waals surface area contributed by atoms with Crippen LogP contribution in [0.2, 0.25) is 0 Å². The summed E-state index contributed by atoms with van der Waals surface area (Å²) in [7, 11) is 0. The fourth-order valence-electron chi connectivity index (χ4n) is 3.12. The van der Waals surface area contributed by atoms with E-state index in [0.717, 1.165) is 22.0 Å². The molecule has 0 amide bonds. The number of benzene rings is 3. The van der Waals surface area contributed by atoms with Crippen LogP contribution >= 0.6 is 0 Å². The Hall–Kier alpha value is -3.93. The molecule has 4 aromatic rings. The third-order valence-electron chi connectivity index (χ3n) is 4.54. The molecule has 28 heavy (non-hydrogen) atoms. The minimum atomic E-state index is -0.543. The van der Waals surface area contributed by atoms with Crippen LogP contribution in [0.25, 0.3) is 22.0 Å². The first-order chi connectivity index (χ1) is 13.6. The first-order valence-electron chi connectivity index (χ1n) is 8.73. The molecule has 1 aromatic heterocycles. The van der Waals surface area contributed by atoms with Crippen LogP contribution in [0.1, 0.15) is 10.4 Å². The molecule has 3 aromatic carbocycles. The van der Waals surface area contributed by atoms with Gasteiger partial charge in [0.05, 0.1) is 16.7 Å². The van der Waals surface area contributed by atoms with Crippen LogP contribution in [0.3, 0.4) is 0 Å². The molecular weight excluding hydrogens is 354 g/mol. The number of carbonyl (C=O) groups excluding carboxylic acids is 1. The monoisotopic (exact) mass is 370 g/mol. The molecule has 0 radical (unpaired) electrons. The maximum atomic E-state index is 12.5. The van der Waals surface area contributed by atoms with Crippen molar-refractivity contribution in [2.75, 3.05) is 0 Å². The van der Waals surface area contributed by atoms with Gasteiger partial charge in [0.25, 0.3) is 12.0 Å². The first kappa shape index (κ1) is 17.5. The van der Waals surface area contributed by atoms with Gasteiger partial charge < -0.3 is 0 Å². The highest BCUT2D eigenvalue weighted by Gasteiger charge is 2.21. The Morgan fingerprint density at radius 2 is 1.71 bits per heavy atom. The summed E-state index contributed by atoms with van der Waals surface area (Å²) in [6.45, 7) is -0.0180. The molecule has 0 spiro atoms. The van der Waals surface area contributed by atoms with E-state index in [1.165, 1.54) is 12.1 Å². The fraction of sp³-hybridized carbons (Fsp3) is 0.0455. The number of nitro benzene ring substituents is 1. The van der Waals surface area contributed by atoms with Crippen LogP contribution in [-0.2, 0) is 6.54 Å². The van der Waals surface area contributed by atoms with E-state index in [4.69, 9.17) is 0 Å². The van der Waals surface area contributed by atoms with Crippen LogP contribution in [0.5, 0.6) is 0 Å². The predicted molar refractivity (Wildman–Crippen MR) is 105 cm³/mol. The molecule has 0 saturated carbocycles. The average Bonchev–Trinajstić information content (AvgIpc) is 2.74. The Balaban J connectivity index is 1.56. The SMILES string of the molecule is O=C(C[n+]1ccc(-c2ccc3ccccc3c2)nc1)c1ccccc1[N+](=O)[O-]. The van der Waals surface area contributed by atoms with Gasteiger partial charge >= 0.3 is 0 Å². The number of Topliss-reactive ketones (excluding diaryl/α,β-unsaturated/α-hetero) is 1. The van der Waals surface area contributed by atoms with Crippen molar-refractivity contribution in [3.63, 3.8) is 0 Å². The number of aromatic nitrogens is 2. The van der Waals surface area contributed by atoms with Gasteiger partial charge in [0, 0.05) is 17.7 Å². The molecule has 6 heteroatoms. The first-order valence-corrected chi connectivity index (χ1v) is 8.73. The molecule has 0 N–H and O–H groups in total. The molecule has 1 heterocycles. The van der Waals surface area contributed by atoms with Gasteiger partial charge in [-0.15, -0.1) is 0 Å². The lowest BCUT2D eigenvalue weighted by molar-refractivity contribution is -0.686. The van der Waals surface area contributed by atoms with Gasteiger partial charge in [-0.2, -0.15) is 0 Å². The van der Waals surface area contributed by atoms with Gasteiger partial charge in [-0.3, -0.25) is 14.9 Å². The Morgan fingerprint density at radius 3 is 2.46 bits per heavy atom. The topological polar surface area (TPSA) is 77.0 Å². The van der Waals surface area contributed by atoms with E-state index >= 15 is 0 Å². The standard InChI is InChI=1S/C22H16N3O3/c26-22(19-7-3-4-8-21(19)25(27)28)14-24-12-11-20(23-15-24)18-10-9-16-5-1-2-6-17(16)13-18/h1-13,15H,14H2/q+1. The number of ketones is 1. The van der Waals surface area contributed by atoms with Crippen molar-refractivity contribution in [2.45, 2.75) is 6.54 Å². The summed E-state index contributed by atoms with van der Waals surface area (Å²) in [5.41, 5.74) is 1.68. The van der Waals surface area contributed by atoms with Crippen LogP contribution in [0.4, 0.5) is 5.69 Å². The van der Waals surface area contributed by atoms with Crippen molar-refractivity contribution in [1.29, 1.82) is 0 Å². The Bertz CT molecular complexity index is 1190. The maximum Gasteiger partial charge on any atom is 0.287 e. The molecule has 0 unspecified atom stereocenters. The lowest BCUT2D eigenvalue weighted by atomic mass is 10.1. The van der Waals surface area contributed by atoms with Gasteiger partial charge in [-0.25, -0.2) is 4.57 Å². The van der Waals surface area contributed by atoms with Crippen molar-refractivity contribution in [1.82, 2.24) is 4.98 Å². The van der Waals surface area contributed by atoms with Gasteiger partial charge in [-0.1, -0.05) is 42.5 Å². The second kappa shape index (κ2) is 7.36. The highest BCUT2D eigenvalue weighted by Crippen LogP contribution is 2.22. The lowest BCUT2D eigenvalue weighted by Crippen LogP contribution is -2.37. The second-order valence-electron chi connectivity index (χ2n) is 6.38. The van der Waals surface area contributed by atoms with Crippen molar-refractivity contribution < 1.29 is 14.3 Å². The van der Waals surface area contributed by atoms with E-state index in [1.54, 1.807) is 29.2 Å². The highest BCUT2D eigenvalue weighted by atomic mass is 16.6. The third-order valence-corrected chi connectivity index (χ3v) is 4.54. The number of hydrogen-bond donors (Lipinski definition) is 0. The van der Waals surface area contributed by atoms with Crippen molar-refractivity contribution >= 4 is 22.2 Å². The molecule has 0 atom stereocenters. The molecule has 136 valence electrons. The van der Waals surface area contributed by atoms with Gasteiger partial charge in [0.2, 0.25) is 5.78 Å². The minimum absolute atomic E-state index is 0.0180. The number of rotatable bonds is 5. The molecule has 0 aliphatic rings. The van der Waals surface area contributed by atoms with Crippen LogP contribution < -0.4 is 4.57 Å². The van der Waals surface area contributed by atoms with Gasteiger partial charge in [0.1, 0.15) is 0 Å². The minimum Gasteiger partial charge on any atom is -0.289 e. The zero-order valence-electron chi connectivity index (χ0n) is 14.9. The van der Waals surface area contributed by atoms with E-state index in [2.05, 4.69) is 17.1 Å². The highest BCUT2D eigenvalue weighted by molar-refractivity contribution is 5.98. The summed E-state index contributed by atoms with van der Waals surface area (Å²) in [6.07, 6.45) is 3.32. The molecule has 0 saturated heterocycles. The Morgan fingerprint density at radius 1 is 0.964 bits per heavy atom. The summed E-state index contributed by atoms with van der Waals surface area (Å²) in [5.74, 6) is -0.336. The van der Waals surface area contributed by atoms with Crippen molar-refractivity contribution in [3.8, 4) is 11.3 Å². The number of nitrogens with zero attached hydrogens (tertiary/aromatic N) is 3. The summed E-state index contributed by atoms with van der Waals surface area (Å²) in [6, 6.07) is 22.0. The Kier molecular flexibility index (Phi) is 4.60. The van der Waals surface area contributed by atoms with Gasteiger partial charge in [-0.05, 0) is 34.0 Å². The van der Waals surface area contributed by atoms with E-state index in [9.17, 15) is 14.9 Å². The predicted octanol–water partition coefficient (Wildman–Crippen LogP) is 3.98. The quantitative estimate of drug-likeness (QED) is 0.230. The molecule has 6 nitrogen and oxygen atoms in total. The number of carbonyl (C=O) groups is 1. The molecule has 0 fully saturated rings. The summed E-state index contributed by atoms with van der Waals surface area (Å²) in [4.78, 5) is 27.5. The van der Waals surface area contributed by atoms with E-state index in [1.807, 2.05) is 36.4 Å². The number of para-hydroxylation sites is 1. The zero-order valence-corrected chi connectivity index (χ0v) is 14.9. The Labute approximate surface area is 160 Å². The smallest absolute Gasteiger partial charge is 0.287 e. The van der Waals surface area contributed by atoms with Crippen LogP contribution in [-0.4, -0.2) is 15.7 Å². The number of nitro groups is 1. The summed E-state index contributed by atoms with van der Waals surface area (Å²) in [5, 5.41) is 13.4. The zero-order chi connectivity index (χ0) is 19.5. The molecule has 4 rings (SSSR count). The summed E-state index contributed by atoms with van der Waals surface area (Å²) < 4.78 is 1.61. The third kappa shape index (κ3) is 3.48. The number of hydrogen-bond acceptors (Lipinski definition) is 4. The van der Waals surface area contributed by atoms with E-state index in [0.29, 0.717) is 0 Å². The summed E-state index contributed by atoms with van der Waals surface area (Å²) >= 11 is 0. The fourth-order valence-corrected chi connectivity index (χ4v) is 3.12. The molecular formula is C22H16N3O3+. The second-order valence-corrected chi connectivity index (χ2v) is 6.38. The molecule has 0 bridgehead atoms. The maximum absolute atomic E-state index is 12.5. The number of fused-ring (bicyclic) bond motifs is 1. The van der Waals surface area contributed by atoms with E-state index in [-0.39, 0.29) is 23.6 Å². The normalized spacial score (nSPS) is 10.7. The van der Waals surface area contributed by atoms with Crippen LogP contribution in [0, 0.1) is 10.1 Å². The largest absolute Gasteiger partial charge is 0.289 e. The van der Waals surface area contributed by atoms with Gasteiger partial charge in [0.15, 0.2) is 12.2 Å². The van der Waals surface area contributed by atoms with Crippen molar-refractivity contribution in [3.05, 3.63) is 101 Å².